The smallest absolute Gasteiger partial charge is 0.123 e. The molecule has 3 nitrogen and oxygen atoms in total. The van der Waals surface area contributed by atoms with Crippen LogP contribution in [0.5, 0.6) is 5.75 Å². The predicted molar refractivity (Wildman–Crippen MR) is 84.3 cm³/mol. The van der Waals surface area contributed by atoms with E-state index in [2.05, 4.69) is 11.0 Å². The molecule has 1 N–H and O–H groups in total. The Labute approximate surface area is 127 Å². The number of benzene rings is 1. The van der Waals surface area contributed by atoms with Gasteiger partial charge in [-0.2, -0.15) is 0 Å². The molecule has 1 heterocycles. The fourth-order valence-electron chi connectivity index (χ4n) is 4.20. The second kappa shape index (κ2) is 6.80. The van der Waals surface area contributed by atoms with E-state index in [0.717, 1.165) is 29.8 Å². The second-order valence-corrected chi connectivity index (χ2v) is 6.53. The fraction of sp³-hybridized carbons (Fsp3) is 0.667. The average Bonchev–Trinajstić information content (AvgIpc) is 3.17. The molecule has 116 valence electrons. The van der Waals surface area contributed by atoms with Gasteiger partial charge in [0.2, 0.25) is 0 Å². The fourth-order valence-corrected chi connectivity index (χ4v) is 4.20. The number of ether oxygens (including phenoxy) is 1. The zero-order valence-electron chi connectivity index (χ0n) is 13.1. The first-order chi connectivity index (χ1) is 10.3. The van der Waals surface area contributed by atoms with Crippen LogP contribution in [0.2, 0.25) is 0 Å². The molecule has 1 atom stereocenters. The Morgan fingerprint density at radius 1 is 1.19 bits per heavy atom. The normalized spacial score (nSPS) is 23.8. The molecule has 1 saturated heterocycles. The number of methoxy groups -OCH3 is 1. The van der Waals surface area contributed by atoms with Gasteiger partial charge >= 0.3 is 0 Å². The number of aliphatic hydroxyl groups is 1. The van der Waals surface area contributed by atoms with E-state index in [0.29, 0.717) is 0 Å². The zero-order valence-corrected chi connectivity index (χ0v) is 13.1. The SMILES string of the molecule is COc1ccc(CO)cc1CN1CCCC1C1CCCC1. The lowest BCUT2D eigenvalue weighted by Crippen LogP contribution is -2.34. The number of rotatable bonds is 5. The van der Waals surface area contributed by atoms with Crippen LogP contribution in [-0.2, 0) is 13.2 Å². The summed E-state index contributed by atoms with van der Waals surface area (Å²) in [5.74, 6) is 1.85. The number of hydrogen-bond acceptors (Lipinski definition) is 3. The Hall–Kier alpha value is -1.06. The minimum atomic E-state index is 0.100. The lowest BCUT2D eigenvalue weighted by molar-refractivity contribution is 0.181. The highest BCUT2D eigenvalue weighted by Crippen LogP contribution is 2.36. The molecule has 0 aromatic heterocycles. The molecule has 1 aliphatic heterocycles. The third-order valence-electron chi connectivity index (χ3n) is 5.26. The Kier molecular flexibility index (Phi) is 4.81. The molecular formula is C18H27NO2. The maximum Gasteiger partial charge on any atom is 0.123 e. The molecule has 0 spiro atoms. The Bertz CT molecular complexity index is 468. The molecule has 2 aliphatic rings. The first-order valence-electron chi connectivity index (χ1n) is 8.32. The van der Waals surface area contributed by atoms with Gasteiger partial charge in [0.25, 0.3) is 0 Å². The van der Waals surface area contributed by atoms with Crippen LogP contribution in [0.3, 0.4) is 0 Å². The summed E-state index contributed by atoms with van der Waals surface area (Å²) in [6.07, 6.45) is 8.33. The summed E-state index contributed by atoms with van der Waals surface area (Å²) in [4.78, 5) is 2.65. The van der Waals surface area contributed by atoms with Crippen LogP contribution >= 0.6 is 0 Å². The first-order valence-corrected chi connectivity index (χ1v) is 8.32. The van der Waals surface area contributed by atoms with E-state index in [-0.39, 0.29) is 6.61 Å². The molecule has 0 bridgehead atoms. The van der Waals surface area contributed by atoms with Crippen LogP contribution < -0.4 is 4.74 Å². The highest BCUT2D eigenvalue weighted by molar-refractivity contribution is 5.37. The third-order valence-corrected chi connectivity index (χ3v) is 5.26. The molecule has 1 aromatic carbocycles. The zero-order chi connectivity index (χ0) is 14.7. The third kappa shape index (κ3) is 3.24. The van der Waals surface area contributed by atoms with E-state index in [1.807, 2.05) is 12.1 Å². The van der Waals surface area contributed by atoms with E-state index < -0.39 is 0 Å². The molecule has 1 unspecified atom stereocenters. The van der Waals surface area contributed by atoms with E-state index in [4.69, 9.17) is 4.74 Å². The lowest BCUT2D eigenvalue weighted by atomic mass is 9.95. The molecule has 3 rings (SSSR count). The van der Waals surface area contributed by atoms with Crippen LogP contribution in [0.15, 0.2) is 18.2 Å². The highest BCUT2D eigenvalue weighted by Gasteiger charge is 2.33. The van der Waals surface area contributed by atoms with Gasteiger partial charge in [0, 0.05) is 18.2 Å². The first kappa shape index (κ1) is 14.9. The van der Waals surface area contributed by atoms with Gasteiger partial charge in [0.1, 0.15) is 5.75 Å². The molecule has 2 fully saturated rings. The number of aliphatic hydroxyl groups excluding tert-OH is 1. The molecule has 0 amide bonds. The van der Waals surface area contributed by atoms with Gasteiger partial charge in [-0.25, -0.2) is 0 Å². The number of hydrogen-bond donors (Lipinski definition) is 1. The van der Waals surface area contributed by atoms with Gasteiger partial charge in [-0.1, -0.05) is 18.9 Å². The quantitative estimate of drug-likeness (QED) is 0.902. The monoisotopic (exact) mass is 289 g/mol. The molecule has 1 aromatic rings. The van der Waals surface area contributed by atoms with Gasteiger partial charge < -0.3 is 9.84 Å². The van der Waals surface area contributed by atoms with E-state index in [1.165, 1.54) is 50.6 Å². The van der Waals surface area contributed by atoms with Crippen molar-refractivity contribution in [2.24, 2.45) is 5.92 Å². The summed E-state index contributed by atoms with van der Waals surface area (Å²) in [5.41, 5.74) is 2.19. The van der Waals surface area contributed by atoms with E-state index in [9.17, 15) is 5.11 Å². The molecule has 21 heavy (non-hydrogen) atoms. The minimum Gasteiger partial charge on any atom is -0.496 e. The van der Waals surface area contributed by atoms with Crippen LogP contribution in [0.4, 0.5) is 0 Å². The summed E-state index contributed by atoms with van der Waals surface area (Å²) in [7, 11) is 1.73. The largest absolute Gasteiger partial charge is 0.496 e. The van der Waals surface area contributed by atoms with Crippen molar-refractivity contribution in [3.05, 3.63) is 29.3 Å². The molecule has 0 radical (unpaired) electrons. The second-order valence-electron chi connectivity index (χ2n) is 6.53. The maximum atomic E-state index is 9.36. The maximum absolute atomic E-state index is 9.36. The van der Waals surface area contributed by atoms with Crippen molar-refractivity contribution in [2.75, 3.05) is 13.7 Å². The van der Waals surface area contributed by atoms with E-state index >= 15 is 0 Å². The summed E-state index contributed by atoms with van der Waals surface area (Å²) in [5, 5.41) is 9.36. The average molecular weight is 289 g/mol. The van der Waals surface area contributed by atoms with Crippen molar-refractivity contribution in [3.63, 3.8) is 0 Å². The summed E-state index contributed by atoms with van der Waals surface area (Å²) >= 11 is 0. The van der Waals surface area contributed by atoms with Gasteiger partial charge in [-0.3, -0.25) is 4.90 Å². The molecular weight excluding hydrogens is 262 g/mol. The number of likely N-dealkylation sites (tertiary alicyclic amines) is 1. The minimum absolute atomic E-state index is 0.100. The Balaban J connectivity index is 1.75. The standard InChI is InChI=1S/C18H27NO2/c1-21-18-9-8-14(13-20)11-16(18)12-19-10-4-7-17(19)15-5-2-3-6-15/h8-9,11,15,17,20H,2-7,10,12-13H2,1H3. The van der Waals surface area contributed by atoms with Crippen molar-refractivity contribution in [1.29, 1.82) is 0 Å². The summed E-state index contributed by atoms with van der Waals surface area (Å²) < 4.78 is 5.51. The van der Waals surface area contributed by atoms with Crippen molar-refractivity contribution in [2.45, 2.75) is 57.7 Å². The van der Waals surface area contributed by atoms with Gasteiger partial charge in [-0.05, 0) is 55.8 Å². The van der Waals surface area contributed by atoms with Crippen LogP contribution in [0, 0.1) is 5.92 Å². The molecule has 1 aliphatic carbocycles. The number of nitrogens with zero attached hydrogens (tertiary/aromatic N) is 1. The van der Waals surface area contributed by atoms with Crippen molar-refractivity contribution >= 4 is 0 Å². The van der Waals surface area contributed by atoms with Crippen LogP contribution in [0.1, 0.15) is 49.7 Å². The van der Waals surface area contributed by atoms with Crippen molar-refractivity contribution in [1.82, 2.24) is 4.90 Å². The van der Waals surface area contributed by atoms with Gasteiger partial charge in [0.05, 0.1) is 13.7 Å². The van der Waals surface area contributed by atoms with Crippen LogP contribution in [0.25, 0.3) is 0 Å². The summed E-state index contributed by atoms with van der Waals surface area (Å²) in [6.45, 7) is 2.26. The topological polar surface area (TPSA) is 32.7 Å². The predicted octanol–water partition coefficient (Wildman–Crippen LogP) is 3.34. The molecule has 1 saturated carbocycles. The van der Waals surface area contributed by atoms with Gasteiger partial charge in [-0.15, -0.1) is 0 Å². The Morgan fingerprint density at radius 3 is 2.71 bits per heavy atom. The molecule has 3 heteroatoms. The lowest BCUT2D eigenvalue weighted by Gasteiger charge is -2.30. The van der Waals surface area contributed by atoms with Crippen molar-refractivity contribution in [3.8, 4) is 5.75 Å². The Morgan fingerprint density at radius 2 is 2.00 bits per heavy atom. The van der Waals surface area contributed by atoms with Crippen molar-refractivity contribution < 1.29 is 9.84 Å². The summed E-state index contributed by atoms with van der Waals surface area (Å²) in [6, 6.07) is 6.79. The van der Waals surface area contributed by atoms with E-state index in [1.54, 1.807) is 7.11 Å². The highest BCUT2D eigenvalue weighted by atomic mass is 16.5. The van der Waals surface area contributed by atoms with Crippen LogP contribution in [-0.4, -0.2) is 29.7 Å². The van der Waals surface area contributed by atoms with Gasteiger partial charge in [0.15, 0.2) is 0 Å².